The molecule has 168 valence electrons. The van der Waals surface area contributed by atoms with E-state index in [1.165, 1.54) is 27.6 Å². The first-order valence-electron chi connectivity index (χ1n) is 10.2. The van der Waals surface area contributed by atoms with Crippen LogP contribution in [0.2, 0.25) is 5.02 Å². The van der Waals surface area contributed by atoms with Crippen LogP contribution in [-0.4, -0.2) is 29.1 Å². The molecule has 3 amide bonds. The number of benzene rings is 3. The van der Waals surface area contributed by atoms with Crippen LogP contribution >= 0.6 is 23.4 Å². The van der Waals surface area contributed by atoms with Gasteiger partial charge in [0.25, 0.3) is 5.91 Å². The molecule has 0 saturated carbocycles. The number of rotatable bonds is 3. The maximum absolute atomic E-state index is 14.4. The van der Waals surface area contributed by atoms with Gasteiger partial charge in [0.1, 0.15) is 11.6 Å². The highest BCUT2D eigenvalue weighted by atomic mass is 35.5. The molecule has 33 heavy (non-hydrogen) atoms. The molecule has 9 heteroatoms. The van der Waals surface area contributed by atoms with Gasteiger partial charge in [0.2, 0.25) is 0 Å². The van der Waals surface area contributed by atoms with Crippen LogP contribution in [0.25, 0.3) is 0 Å². The molecule has 0 aromatic heterocycles. The first kappa shape index (κ1) is 21.7. The molecule has 0 aliphatic carbocycles. The van der Waals surface area contributed by atoms with Gasteiger partial charge in [0.05, 0.1) is 12.2 Å². The van der Waals surface area contributed by atoms with Crippen molar-refractivity contribution in [3.05, 3.63) is 94.5 Å². The van der Waals surface area contributed by atoms with Gasteiger partial charge in [-0.25, -0.2) is 13.6 Å². The summed E-state index contributed by atoms with van der Waals surface area (Å²) in [6, 6.07) is 16.9. The topological polar surface area (TPSA) is 52.7 Å². The lowest BCUT2D eigenvalue weighted by Gasteiger charge is -2.33. The van der Waals surface area contributed by atoms with Gasteiger partial charge in [-0.15, -0.1) is 11.8 Å². The number of carbonyl (C=O) groups excluding carboxylic acids is 2. The maximum Gasteiger partial charge on any atom is 0.323 e. The summed E-state index contributed by atoms with van der Waals surface area (Å²) in [7, 11) is 0. The summed E-state index contributed by atoms with van der Waals surface area (Å²) in [6.45, 7) is 0.0550. The Balaban J connectivity index is 1.53. The fourth-order valence-corrected chi connectivity index (χ4v) is 5.98. The third-order valence-electron chi connectivity index (χ3n) is 5.80. The van der Waals surface area contributed by atoms with Crippen molar-refractivity contribution in [2.75, 3.05) is 22.5 Å². The van der Waals surface area contributed by atoms with E-state index in [9.17, 15) is 18.4 Å². The zero-order chi connectivity index (χ0) is 23.2. The zero-order valence-electron chi connectivity index (χ0n) is 17.2. The van der Waals surface area contributed by atoms with Gasteiger partial charge in [-0.3, -0.25) is 9.69 Å². The number of hydrogen-bond acceptors (Lipinski definition) is 3. The molecule has 1 atom stereocenters. The smallest absolute Gasteiger partial charge is 0.308 e. The molecule has 2 aliphatic rings. The van der Waals surface area contributed by atoms with Crippen molar-refractivity contribution in [3.8, 4) is 0 Å². The summed E-state index contributed by atoms with van der Waals surface area (Å²) in [5, 5.41) is 3.28. The van der Waals surface area contributed by atoms with Gasteiger partial charge in [-0.05, 0) is 36.4 Å². The SMILES string of the molecule is O=C(Nc1cccc(Cl)c1)N1CCS[C@]12C(=O)N(Cc1c(F)cccc1F)c1ccccc12. The number of anilines is 2. The van der Waals surface area contributed by atoms with E-state index in [2.05, 4.69) is 5.32 Å². The number of halogens is 3. The Kier molecular flexibility index (Phi) is 5.50. The molecule has 0 bridgehead atoms. The fraction of sp³-hybridized carbons (Fsp3) is 0.167. The predicted molar refractivity (Wildman–Crippen MR) is 125 cm³/mol. The van der Waals surface area contributed by atoms with Crippen LogP contribution in [0.1, 0.15) is 11.1 Å². The first-order chi connectivity index (χ1) is 15.9. The van der Waals surface area contributed by atoms with Gasteiger partial charge in [-0.2, -0.15) is 0 Å². The lowest BCUT2D eigenvalue weighted by molar-refractivity contribution is -0.123. The van der Waals surface area contributed by atoms with Crippen molar-refractivity contribution in [2.45, 2.75) is 11.4 Å². The molecule has 3 aromatic carbocycles. The molecule has 2 aliphatic heterocycles. The average Bonchev–Trinajstić information content (AvgIpc) is 3.33. The molecule has 2 heterocycles. The predicted octanol–water partition coefficient (Wildman–Crippen LogP) is 5.60. The molecule has 5 rings (SSSR count). The van der Waals surface area contributed by atoms with Gasteiger partial charge < -0.3 is 10.2 Å². The number of nitrogens with zero attached hydrogens (tertiary/aromatic N) is 2. The van der Waals surface area contributed by atoms with Gasteiger partial charge in [0, 0.05) is 34.1 Å². The normalized spacial score (nSPS) is 19.3. The maximum atomic E-state index is 14.4. The number of hydrogen-bond donors (Lipinski definition) is 1. The number of urea groups is 1. The Hall–Kier alpha value is -3.10. The number of fused-ring (bicyclic) bond motifs is 2. The van der Waals surface area contributed by atoms with Crippen molar-refractivity contribution in [1.82, 2.24) is 4.90 Å². The highest BCUT2D eigenvalue weighted by Crippen LogP contribution is 2.54. The molecular weight excluding hydrogens is 468 g/mol. The van der Waals surface area contributed by atoms with E-state index in [-0.39, 0.29) is 12.1 Å². The lowest BCUT2D eigenvalue weighted by atomic mass is 10.1. The largest absolute Gasteiger partial charge is 0.323 e. The lowest BCUT2D eigenvalue weighted by Crippen LogP contribution is -2.51. The highest BCUT2D eigenvalue weighted by Gasteiger charge is 2.59. The van der Waals surface area contributed by atoms with Gasteiger partial charge in [-0.1, -0.05) is 41.9 Å². The van der Waals surface area contributed by atoms with Crippen LogP contribution in [0.5, 0.6) is 0 Å². The third-order valence-corrected chi connectivity index (χ3v) is 7.45. The highest BCUT2D eigenvalue weighted by molar-refractivity contribution is 8.01. The Morgan fingerprint density at radius 2 is 1.79 bits per heavy atom. The Labute approximate surface area is 198 Å². The van der Waals surface area contributed by atoms with Crippen LogP contribution in [-0.2, 0) is 16.2 Å². The Morgan fingerprint density at radius 3 is 2.55 bits per heavy atom. The van der Waals surface area contributed by atoms with Crippen LogP contribution in [0.15, 0.2) is 66.7 Å². The summed E-state index contributed by atoms with van der Waals surface area (Å²) < 4.78 is 28.8. The standard InChI is InChI=1S/C24H18ClF2N3O2S/c25-15-5-3-6-16(13-15)28-23(32)30-11-12-33-24(30)18-7-1-2-10-21(18)29(22(24)31)14-17-19(26)8-4-9-20(17)27/h1-10,13H,11-12,14H2,(H,28,32)/t24-/m1/s1. The summed E-state index contributed by atoms with van der Waals surface area (Å²) in [6.07, 6.45) is 0. The molecule has 1 spiro atoms. The molecule has 1 fully saturated rings. The number of thioether (sulfide) groups is 1. The number of nitrogens with one attached hydrogen (secondary N) is 1. The fourth-order valence-electron chi connectivity index (χ4n) is 4.32. The number of carbonyl (C=O) groups is 2. The minimum Gasteiger partial charge on any atom is -0.308 e. The van der Waals surface area contributed by atoms with Crippen molar-refractivity contribution in [2.24, 2.45) is 0 Å². The molecule has 0 radical (unpaired) electrons. The van der Waals surface area contributed by atoms with E-state index >= 15 is 0 Å². The molecule has 1 N–H and O–H groups in total. The van der Waals surface area contributed by atoms with E-state index < -0.39 is 28.4 Å². The minimum absolute atomic E-state index is 0.198. The Morgan fingerprint density at radius 1 is 1.06 bits per heavy atom. The average molecular weight is 486 g/mol. The van der Waals surface area contributed by atoms with Crippen molar-refractivity contribution >= 4 is 46.7 Å². The monoisotopic (exact) mass is 485 g/mol. The van der Waals surface area contributed by atoms with E-state index in [1.807, 2.05) is 0 Å². The molecular formula is C24H18ClF2N3O2S. The van der Waals surface area contributed by atoms with E-state index in [0.717, 1.165) is 12.1 Å². The quantitative estimate of drug-likeness (QED) is 0.525. The van der Waals surface area contributed by atoms with Crippen LogP contribution in [0.4, 0.5) is 25.0 Å². The molecule has 0 unspecified atom stereocenters. The minimum atomic E-state index is -1.32. The van der Waals surface area contributed by atoms with Crippen LogP contribution in [0, 0.1) is 11.6 Å². The summed E-state index contributed by atoms with van der Waals surface area (Å²) >= 11 is 7.37. The van der Waals surface area contributed by atoms with Gasteiger partial charge in [0.15, 0.2) is 4.87 Å². The van der Waals surface area contributed by atoms with E-state index in [4.69, 9.17) is 11.6 Å². The summed E-state index contributed by atoms with van der Waals surface area (Å²) in [5.41, 5.74) is 1.45. The molecule has 3 aromatic rings. The first-order valence-corrected chi connectivity index (χ1v) is 11.6. The molecule has 1 saturated heterocycles. The second-order valence-corrected chi connectivity index (χ2v) is 9.42. The van der Waals surface area contributed by atoms with Crippen molar-refractivity contribution in [1.29, 1.82) is 0 Å². The third kappa shape index (κ3) is 3.54. The van der Waals surface area contributed by atoms with Gasteiger partial charge >= 0.3 is 6.03 Å². The van der Waals surface area contributed by atoms with E-state index in [0.29, 0.717) is 34.3 Å². The van der Waals surface area contributed by atoms with Crippen molar-refractivity contribution < 1.29 is 18.4 Å². The Bertz CT molecular complexity index is 1250. The van der Waals surface area contributed by atoms with E-state index in [1.54, 1.807) is 48.5 Å². The number of para-hydroxylation sites is 1. The summed E-state index contributed by atoms with van der Waals surface area (Å²) in [4.78, 5) is 28.7. The molecule has 5 nitrogen and oxygen atoms in total. The number of amides is 3. The van der Waals surface area contributed by atoms with Crippen LogP contribution in [0.3, 0.4) is 0 Å². The zero-order valence-corrected chi connectivity index (χ0v) is 18.8. The van der Waals surface area contributed by atoms with Crippen molar-refractivity contribution in [3.63, 3.8) is 0 Å². The second kappa shape index (κ2) is 8.35. The summed E-state index contributed by atoms with van der Waals surface area (Å²) in [5.74, 6) is -1.33. The van der Waals surface area contributed by atoms with Crippen LogP contribution < -0.4 is 10.2 Å². The second-order valence-electron chi connectivity index (χ2n) is 7.69.